The van der Waals surface area contributed by atoms with E-state index in [0.29, 0.717) is 29.5 Å². The van der Waals surface area contributed by atoms with Gasteiger partial charge in [-0.05, 0) is 85.6 Å². The van der Waals surface area contributed by atoms with Crippen molar-refractivity contribution < 1.29 is 26.4 Å². The average molecular weight is 676 g/mol. The fraction of sp³-hybridized carbons (Fsp3) is 0.167. The summed E-state index contributed by atoms with van der Waals surface area (Å²) in [6.45, 7) is 1.38. The number of nitrogens with one attached hydrogen (secondary N) is 3. The van der Waals surface area contributed by atoms with E-state index in [1.807, 2.05) is 4.90 Å². The molecule has 1 fully saturated rings. The number of sulfonamides is 2. The van der Waals surface area contributed by atoms with Gasteiger partial charge in [-0.3, -0.25) is 14.2 Å². The maximum Gasteiger partial charge on any atom is 0.264 e. The monoisotopic (exact) mass is 674 g/mol. The Hall–Kier alpha value is -3.97. The molecule has 4 aromatic carbocycles. The van der Waals surface area contributed by atoms with E-state index >= 15 is 0 Å². The average Bonchev–Trinajstić information content (AvgIpc) is 3.53. The maximum absolute atomic E-state index is 13.7. The van der Waals surface area contributed by atoms with Crippen molar-refractivity contribution in [1.29, 1.82) is 0 Å². The molecule has 0 unspecified atom stereocenters. The summed E-state index contributed by atoms with van der Waals surface area (Å²) in [5.41, 5.74) is 1.20. The number of nitrogens with zero attached hydrogens (tertiary/aromatic N) is 1. The van der Waals surface area contributed by atoms with Crippen molar-refractivity contribution in [2.75, 3.05) is 39.9 Å². The summed E-state index contributed by atoms with van der Waals surface area (Å²) in [6, 6.07) is 21.1. The van der Waals surface area contributed by atoms with Gasteiger partial charge in [0.2, 0.25) is 0 Å². The third-order valence-corrected chi connectivity index (χ3v) is 10.4. The van der Waals surface area contributed by atoms with Crippen LogP contribution in [0.4, 0.5) is 22.7 Å². The first-order chi connectivity index (χ1) is 21.0. The van der Waals surface area contributed by atoms with Crippen LogP contribution < -0.4 is 24.4 Å². The molecule has 5 rings (SSSR count). The van der Waals surface area contributed by atoms with E-state index < -0.39 is 26.0 Å². The number of methoxy groups -OCH3 is 1. The van der Waals surface area contributed by atoms with E-state index in [0.717, 1.165) is 18.9 Å². The molecule has 0 spiro atoms. The predicted octanol–water partition coefficient (Wildman–Crippen LogP) is 6.46. The van der Waals surface area contributed by atoms with Gasteiger partial charge in [0.05, 0.1) is 23.5 Å². The molecule has 0 aromatic heterocycles. The van der Waals surface area contributed by atoms with Crippen LogP contribution in [0.15, 0.2) is 94.7 Å². The first-order valence-corrected chi connectivity index (χ1v) is 17.1. The SMILES string of the molecule is COc1ccccc1NS(=O)(=O)c1cc(NC(=O)c2ccc(Cl)c(S(=O)(=O)Nc3ccc(Cl)cc3)c2)ccc1N1CCCC1. The van der Waals surface area contributed by atoms with E-state index in [-0.39, 0.29) is 37.4 Å². The van der Waals surface area contributed by atoms with Crippen molar-refractivity contribution in [3.05, 3.63) is 101 Å². The van der Waals surface area contributed by atoms with Gasteiger partial charge in [-0.15, -0.1) is 0 Å². The van der Waals surface area contributed by atoms with Crippen LogP contribution in [0.25, 0.3) is 0 Å². The van der Waals surface area contributed by atoms with Crippen molar-refractivity contribution in [2.45, 2.75) is 22.6 Å². The zero-order valence-corrected chi connectivity index (χ0v) is 26.5. The van der Waals surface area contributed by atoms with Crippen LogP contribution in [0.2, 0.25) is 10.0 Å². The van der Waals surface area contributed by atoms with Crippen molar-refractivity contribution in [3.63, 3.8) is 0 Å². The Labute approximate surface area is 266 Å². The van der Waals surface area contributed by atoms with Crippen LogP contribution in [-0.2, 0) is 20.0 Å². The largest absolute Gasteiger partial charge is 0.495 e. The number of amides is 1. The van der Waals surface area contributed by atoms with E-state index in [1.165, 1.54) is 49.6 Å². The predicted molar refractivity (Wildman–Crippen MR) is 173 cm³/mol. The Bertz CT molecular complexity index is 1910. The van der Waals surface area contributed by atoms with E-state index in [2.05, 4.69) is 14.8 Å². The minimum Gasteiger partial charge on any atom is -0.495 e. The molecule has 1 aliphatic rings. The van der Waals surface area contributed by atoms with Gasteiger partial charge in [-0.2, -0.15) is 0 Å². The molecule has 1 saturated heterocycles. The Morgan fingerprint density at radius 2 is 1.43 bits per heavy atom. The van der Waals surface area contributed by atoms with Crippen LogP contribution in [0.3, 0.4) is 0 Å². The van der Waals surface area contributed by atoms with Gasteiger partial charge in [0.15, 0.2) is 0 Å². The van der Waals surface area contributed by atoms with Gasteiger partial charge in [-0.25, -0.2) is 16.8 Å². The second kappa shape index (κ2) is 12.9. The number of halogens is 2. The van der Waals surface area contributed by atoms with Gasteiger partial charge < -0.3 is 15.0 Å². The zero-order valence-electron chi connectivity index (χ0n) is 23.4. The number of hydrogen-bond donors (Lipinski definition) is 3. The second-order valence-corrected chi connectivity index (χ2v) is 14.0. The van der Waals surface area contributed by atoms with Crippen molar-refractivity contribution >= 4 is 71.9 Å². The summed E-state index contributed by atoms with van der Waals surface area (Å²) >= 11 is 12.1. The number of ether oxygens (including phenoxy) is 1. The van der Waals surface area contributed by atoms with Gasteiger partial charge in [0, 0.05) is 35.1 Å². The number of para-hydroxylation sites is 2. The molecular formula is C30H28Cl2N4O6S2. The zero-order chi connectivity index (χ0) is 31.5. The fourth-order valence-corrected chi connectivity index (χ4v) is 7.77. The first-order valence-electron chi connectivity index (χ1n) is 13.4. The Morgan fingerprint density at radius 1 is 0.773 bits per heavy atom. The van der Waals surface area contributed by atoms with Gasteiger partial charge in [-0.1, -0.05) is 35.3 Å². The summed E-state index contributed by atoms with van der Waals surface area (Å²) in [6.07, 6.45) is 1.85. The molecule has 3 N–H and O–H groups in total. The molecule has 14 heteroatoms. The van der Waals surface area contributed by atoms with E-state index in [1.54, 1.807) is 36.4 Å². The quantitative estimate of drug-likeness (QED) is 0.176. The lowest BCUT2D eigenvalue weighted by Crippen LogP contribution is -2.23. The van der Waals surface area contributed by atoms with Gasteiger partial charge in [0.1, 0.15) is 15.5 Å². The fourth-order valence-electron chi connectivity index (χ4n) is 4.74. The smallest absolute Gasteiger partial charge is 0.264 e. The maximum atomic E-state index is 13.7. The summed E-state index contributed by atoms with van der Waals surface area (Å²) in [7, 11) is -6.86. The molecule has 0 saturated carbocycles. The molecule has 1 heterocycles. The molecule has 44 heavy (non-hydrogen) atoms. The normalized spacial score (nSPS) is 13.4. The summed E-state index contributed by atoms with van der Waals surface area (Å²) in [5, 5.41) is 3.03. The number of hydrogen-bond acceptors (Lipinski definition) is 7. The Kier molecular flexibility index (Phi) is 9.26. The highest BCUT2D eigenvalue weighted by atomic mass is 35.5. The lowest BCUT2D eigenvalue weighted by molar-refractivity contribution is 0.102. The number of rotatable bonds is 10. The summed E-state index contributed by atoms with van der Waals surface area (Å²) < 4.78 is 64.0. The standard InChI is InChI=1S/C30H28Cl2N4O6S2/c1-42-27-7-3-2-6-25(27)35-44(40,41)29-19-23(13-15-26(29)36-16-4-5-17-36)33-30(37)20-8-14-24(32)28(18-20)43(38,39)34-22-11-9-21(31)10-12-22/h2-3,6-15,18-19,34-35H,4-5,16-17H2,1H3,(H,33,37). The van der Waals surface area contributed by atoms with Crippen LogP contribution in [0.1, 0.15) is 23.2 Å². The number of benzene rings is 4. The molecule has 0 atom stereocenters. The third-order valence-electron chi connectivity index (χ3n) is 6.88. The van der Waals surface area contributed by atoms with Crippen molar-refractivity contribution in [2.24, 2.45) is 0 Å². The Morgan fingerprint density at radius 3 is 2.14 bits per heavy atom. The van der Waals surface area contributed by atoms with Gasteiger partial charge in [0.25, 0.3) is 26.0 Å². The lowest BCUT2D eigenvalue weighted by atomic mass is 10.2. The number of anilines is 4. The third kappa shape index (κ3) is 7.05. The Balaban J connectivity index is 1.44. The molecule has 1 aliphatic heterocycles. The number of carbonyl (C=O) groups excluding carboxylic acids is 1. The lowest BCUT2D eigenvalue weighted by Gasteiger charge is -2.23. The minimum atomic E-state index is -4.17. The highest BCUT2D eigenvalue weighted by molar-refractivity contribution is 7.93. The first kappa shape index (κ1) is 31.5. The summed E-state index contributed by atoms with van der Waals surface area (Å²) in [4.78, 5) is 14.9. The highest BCUT2D eigenvalue weighted by Gasteiger charge is 2.26. The second-order valence-electron chi connectivity index (χ2n) is 9.89. The summed E-state index contributed by atoms with van der Waals surface area (Å²) in [5.74, 6) is -0.318. The number of carbonyl (C=O) groups is 1. The molecular weight excluding hydrogens is 647 g/mol. The van der Waals surface area contributed by atoms with E-state index in [4.69, 9.17) is 27.9 Å². The van der Waals surface area contributed by atoms with E-state index in [9.17, 15) is 21.6 Å². The van der Waals surface area contributed by atoms with Crippen LogP contribution in [0.5, 0.6) is 5.75 Å². The van der Waals surface area contributed by atoms with Crippen LogP contribution >= 0.6 is 23.2 Å². The molecule has 10 nitrogen and oxygen atoms in total. The van der Waals surface area contributed by atoms with Crippen molar-refractivity contribution in [1.82, 2.24) is 0 Å². The van der Waals surface area contributed by atoms with Crippen LogP contribution in [0, 0.1) is 0 Å². The van der Waals surface area contributed by atoms with Crippen LogP contribution in [-0.4, -0.2) is 42.9 Å². The minimum absolute atomic E-state index is 0.00828. The highest BCUT2D eigenvalue weighted by Crippen LogP contribution is 2.34. The molecule has 230 valence electrons. The molecule has 0 bridgehead atoms. The van der Waals surface area contributed by atoms with Gasteiger partial charge >= 0.3 is 0 Å². The molecule has 1 amide bonds. The van der Waals surface area contributed by atoms with Crippen molar-refractivity contribution in [3.8, 4) is 5.75 Å². The molecule has 4 aromatic rings. The molecule has 0 aliphatic carbocycles. The topological polar surface area (TPSA) is 134 Å². The molecule has 0 radical (unpaired) electrons.